The van der Waals surface area contributed by atoms with Gasteiger partial charge >= 0.3 is 0 Å². The lowest BCUT2D eigenvalue weighted by Crippen LogP contribution is -2.51. The molecule has 2 aromatic carbocycles. The number of anilines is 1. The van der Waals surface area contributed by atoms with E-state index in [0.717, 1.165) is 10.6 Å². The summed E-state index contributed by atoms with van der Waals surface area (Å²) in [6, 6.07) is 9.05. The number of carbonyl (C=O) groups is 2. The molecule has 2 rings (SSSR count). The Morgan fingerprint density at radius 1 is 1.12 bits per heavy atom. The number of amides is 2. The number of rotatable bonds is 9. The number of halogens is 3. The lowest BCUT2D eigenvalue weighted by atomic mass is 10.1. The normalized spacial score (nSPS) is 12.2. The fourth-order valence-electron chi connectivity index (χ4n) is 3.15. The Kier molecular flexibility index (Phi) is 8.89. The van der Waals surface area contributed by atoms with E-state index in [0.29, 0.717) is 5.56 Å². The molecule has 0 saturated carbocycles. The van der Waals surface area contributed by atoms with Crippen molar-refractivity contribution in [2.24, 2.45) is 0 Å². The zero-order valence-electron chi connectivity index (χ0n) is 17.8. The van der Waals surface area contributed by atoms with Crippen LogP contribution in [0.4, 0.5) is 10.1 Å². The van der Waals surface area contributed by atoms with Crippen molar-refractivity contribution in [3.05, 3.63) is 63.9 Å². The molecule has 0 aliphatic carbocycles. The Morgan fingerprint density at radius 2 is 1.75 bits per heavy atom. The van der Waals surface area contributed by atoms with Crippen LogP contribution in [0.2, 0.25) is 10.0 Å². The van der Waals surface area contributed by atoms with Crippen LogP contribution < -0.4 is 9.62 Å². The van der Waals surface area contributed by atoms with Crippen molar-refractivity contribution in [2.75, 3.05) is 24.2 Å². The summed E-state index contributed by atoms with van der Waals surface area (Å²) in [5.41, 5.74) is 0.624. The monoisotopic (exact) mass is 503 g/mol. The van der Waals surface area contributed by atoms with Crippen LogP contribution in [0.15, 0.2) is 42.5 Å². The molecule has 0 aromatic heterocycles. The number of sulfonamides is 1. The van der Waals surface area contributed by atoms with Crippen molar-refractivity contribution < 1.29 is 22.4 Å². The second-order valence-electron chi connectivity index (χ2n) is 7.03. The smallest absolute Gasteiger partial charge is 0.244 e. The van der Waals surface area contributed by atoms with Crippen LogP contribution >= 0.6 is 23.2 Å². The molecule has 0 fully saturated rings. The summed E-state index contributed by atoms with van der Waals surface area (Å²) in [6.45, 7) is 1.10. The molecule has 0 spiro atoms. The quantitative estimate of drug-likeness (QED) is 0.567. The minimum atomic E-state index is -3.93. The van der Waals surface area contributed by atoms with E-state index in [-0.39, 0.29) is 28.7 Å². The fraction of sp³-hybridized carbons (Fsp3) is 0.333. The van der Waals surface area contributed by atoms with E-state index in [2.05, 4.69) is 5.32 Å². The molecular formula is C21H24Cl2FN3O4S. The summed E-state index contributed by atoms with van der Waals surface area (Å²) in [4.78, 5) is 27.1. The highest BCUT2D eigenvalue weighted by Crippen LogP contribution is 2.33. The average molecular weight is 504 g/mol. The summed E-state index contributed by atoms with van der Waals surface area (Å²) >= 11 is 12.2. The number of hydrogen-bond donors (Lipinski definition) is 1. The molecule has 1 N–H and O–H groups in total. The van der Waals surface area contributed by atoms with Gasteiger partial charge < -0.3 is 10.2 Å². The molecule has 32 heavy (non-hydrogen) atoms. The van der Waals surface area contributed by atoms with Gasteiger partial charge in [-0.15, -0.1) is 0 Å². The zero-order chi connectivity index (χ0) is 24.1. The van der Waals surface area contributed by atoms with E-state index in [1.54, 1.807) is 6.92 Å². The molecule has 0 unspecified atom stereocenters. The van der Waals surface area contributed by atoms with Gasteiger partial charge in [0.25, 0.3) is 0 Å². The van der Waals surface area contributed by atoms with Gasteiger partial charge in [0.2, 0.25) is 21.8 Å². The summed E-state index contributed by atoms with van der Waals surface area (Å²) < 4.78 is 39.2. The van der Waals surface area contributed by atoms with E-state index in [1.165, 1.54) is 54.4 Å². The molecule has 174 valence electrons. The molecule has 1 atom stereocenters. The van der Waals surface area contributed by atoms with Crippen LogP contribution in [0, 0.1) is 5.82 Å². The number of benzene rings is 2. The minimum absolute atomic E-state index is 0.0178. The van der Waals surface area contributed by atoms with Gasteiger partial charge in [0.1, 0.15) is 18.4 Å². The SMILES string of the molecule is CC[C@@H](C(=O)NC)N(Cc1ccc(F)cc1)C(=O)CN(c1cccc(Cl)c1Cl)S(C)(=O)=O. The maximum absolute atomic E-state index is 13.4. The fourth-order valence-corrected chi connectivity index (χ4v) is 4.45. The molecule has 0 bridgehead atoms. The Labute approximate surface area is 197 Å². The molecule has 0 heterocycles. The third-order valence-electron chi connectivity index (χ3n) is 4.78. The lowest BCUT2D eigenvalue weighted by Gasteiger charge is -2.32. The first-order chi connectivity index (χ1) is 15.0. The Morgan fingerprint density at radius 3 is 2.28 bits per heavy atom. The third-order valence-corrected chi connectivity index (χ3v) is 6.71. The van der Waals surface area contributed by atoms with Crippen molar-refractivity contribution in [2.45, 2.75) is 25.9 Å². The number of carbonyl (C=O) groups excluding carboxylic acids is 2. The van der Waals surface area contributed by atoms with Crippen LogP contribution in [0.3, 0.4) is 0 Å². The van der Waals surface area contributed by atoms with Crippen molar-refractivity contribution in [1.82, 2.24) is 10.2 Å². The number of nitrogens with zero attached hydrogens (tertiary/aromatic N) is 2. The van der Waals surface area contributed by atoms with Crippen molar-refractivity contribution in [3.63, 3.8) is 0 Å². The second kappa shape index (κ2) is 11.0. The number of nitrogens with one attached hydrogen (secondary N) is 1. The van der Waals surface area contributed by atoms with Crippen molar-refractivity contribution >= 4 is 50.7 Å². The van der Waals surface area contributed by atoms with E-state index >= 15 is 0 Å². The van der Waals surface area contributed by atoms with Gasteiger partial charge in [-0.1, -0.05) is 48.3 Å². The summed E-state index contributed by atoms with van der Waals surface area (Å²) in [5.74, 6) is -1.48. The predicted molar refractivity (Wildman–Crippen MR) is 124 cm³/mol. The standard InChI is InChI=1S/C21H24Cl2FN3O4S/c1-4-17(21(29)25-2)26(12-14-8-10-15(24)11-9-14)19(28)13-27(32(3,30)31)18-7-5-6-16(22)20(18)23/h5-11,17H,4,12-13H2,1-3H3,(H,25,29)/t17-/m0/s1. The molecule has 0 radical (unpaired) electrons. The van der Waals surface area contributed by atoms with Gasteiger partial charge in [-0.3, -0.25) is 13.9 Å². The van der Waals surface area contributed by atoms with E-state index in [1.807, 2.05) is 0 Å². The molecule has 2 amide bonds. The first-order valence-electron chi connectivity index (χ1n) is 9.66. The highest BCUT2D eigenvalue weighted by atomic mass is 35.5. The summed E-state index contributed by atoms with van der Waals surface area (Å²) in [7, 11) is -2.49. The average Bonchev–Trinajstić information content (AvgIpc) is 2.74. The molecule has 2 aromatic rings. The lowest BCUT2D eigenvalue weighted by molar-refractivity contribution is -0.140. The van der Waals surface area contributed by atoms with Gasteiger partial charge in [-0.2, -0.15) is 0 Å². The minimum Gasteiger partial charge on any atom is -0.357 e. The maximum atomic E-state index is 13.4. The molecule has 0 saturated heterocycles. The molecular weight excluding hydrogens is 480 g/mol. The Balaban J connectivity index is 2.46. The van der Waals surface area contributed by atoms with E-state index in [9.17, 15) is 22.4 Å². The van der Waals surface area contributed by atoms with Crippen molar-refractivity contribution in [3.8, 4) is 0 Å². The highest BCUT2D eigenvalue weighted by molar-refractivity contribution is 7.92. The highest BCUT2D eigenvalue weighted by Gasteiger charge is 2.32. The van der Waals surface area contributed by atoms with Gasteiger partial charge in [0.05, 0.1) is 22.0 Å². The largest absolute Gasteiger partial charge is 0.357 e. The third kappa shape index (κ3) is 6.34. The zero-order valence-corrected chi connectivity index (χ0v) is 20.1. The van der Waals surface area contributed by atoms with Crippen molar-refractivity contribution in [1.29, 1.82) is 0 Å². The number of hydrogen-bond acceptors (Lipinski definition) is 4. The summed E-state index contributed by atoms with van der Waals surface area (Å²) in [5, 5.41) is 2.63. The summed E-state index contributed by atoms with van der Waals surface area (Å²) in [6.07, 6.45) is 1.22. The molecule has 0 aliphatic heterocycles. The first-order valence-corrected chi connectivity index (χ1v) is 12.3. The van der Waals surface area contributed by atoms with Gasteiger partial charge in [0.15, 0.2) is 0 Å². The van der Waals surface area contributed by atoms with E-state index < -0.39 is 40.2 Å². The van der Waals surface area contributed by atoms with Crippen LogP contribution in [0.1, 0.15) is 18.9 Å². The van der Waals surface area contributed by atoms with Crippen LogP contribution in [-0.2, 0) is 26.2 Å². The molecule has 11 heteroatoms. The topological polar surface area (TPSA) is 86.8 Å². The van der Waals surface area contributed by atoms with Crippen LogP contribution in [0.25, 0.3) is 0 Å². The molecule has 0 aliphatic rings. The second-order valence-corrected chi connectivity index (χ2v) is 9.72. The van der Waals surface area contributed by atoms with Crippen LogP contribution in [-0.4, -0.2) is 51.0 Å². The first kappa shape index (κ1) is 25.9. The van der Waals surface area contributed by atoms with Crippen LogP contribution in [0.5, 0.6) is 0 Å². The number of likely N-dealkylation sites (N-methyl/N-ethyl adjacent to an activating group) is 1. The Hall–Kier alpha value is -2.36. The van der Waals surface area contributed by atoms with E-state index in [4.69, 9.17) is 23.2 Å². The maximum Gasteiger partial charge on any atom is 0.244 e. The Bertz CT molecular complexity index is 1080. The van der Waals surface area contributed by atoms with Gasteiger partial charge in [-0.25, -0.2) is 12.8 Å². The molecule has 7 nitrogen and oxygen atoms in total. The predicted octanol–water partition coefficient (Wildman–Crippen LogP) is 3.45. The van der Waals surface area contributed by atoms with Gasteiger partial charge in [0, 0.05) is 13.6 Å². The van der Waals surface area contributed by atoms with Gasteiger partial charge in [-0.05, 0) is 36.2 Å².